The third-order valence-corrected chi connectivity index (χ3v) is 5.64. The number of nitrogens with zero attached hydrogens (tertiary/aromatic N) is 1. The van der Waals surface area contributed by atoms with E-state index in [2.05, 4.69) is 0 Å². The number of hydrogen-bond acceptors (Lipinski definition) is 4. The van der Waals surface area contributed by atoms with Crippen molar-refractivity contribution in [1.29, 1.82) is 0 Å². The summed E-state index contributed by atoms with van der Waals surface area (Å²) in [5, 5.41) is 12.7. The molecule has 0 N–H and O–H groups in total. The van der Waals surface area contributed by atoms with E-state index in [1.165, 1.54) is 12.1 Å². The number of sulfonamides is 1. The minimum atomic E-state index is -3.91. The molecular weight excluding hydrogens is 314 g/mol. The van der Waals surface area contributed by atoms with Crippen LogP contribution in [-0.4, -0.2) is 25.1 Å². The second kappa shape index (κ2) is 5.55. The second-order valence-corrected chi connectivity index (χ2v) is 6.87. The molecule has 1 aliphatic rings. The van der Waals surface area contributed by atoms with E-state index in [4.69, 9.17) is 0 Å². The Morgan fingerprint density at radius 2 is 1.65 bits per heavy atom. The topological polar surface area (TPSA) is 77.5 Å². The first kappa shape index (κ1) is 15.3. The fourth-order valence-corrected chi connectivity index (χ4v) is 4.30. The molecule has 0 saturated carbocycles. The van der Waals surface area contributed by atoms with Crippen LogP contribution in [0.15, 0.2) is 65.2 Å². The third kappa shape index (κ3) is 2.31. The lowest BCUT2D eigenvalue weighted by Gasteiger charge is -2.34. The van der Waals surface area contributed by atoms with Gasteiger partial charge in [-0.3, -0.25) is 9.10 Å². The fraction of sp³-hybridized carbons (Fsp3) is 0.118. The van der Waals surface area contributed by atoms with Crippen LogP contribution in [0.1, 0.15) is 22.8 Å². The molecule has 5 nitrogen and oxygen atoms in total. The van der Waals surface area contributed by atoms with Crippen molar-refractivity contribution in [1.82, 2.24) is 4.31 Å². The summed E-state index contributed by atoms with van der Waals surface area (Å²) in [5.74, 6) is -1.15. The fourth-order valence-electron chi connectivity index (χ4n) is 2.63. The van der Waals surface area contributed by atoms with E-state index in [-0.39, 0.29) is 28.3 Å². The third-order valence-electron chi connectivity index (χ3n) is 3.70. The Morgan fingerprint density at radius 1 is 1.04 bits per heavy atom. The summed E-state index contributed by atoms with van der Waals surface area (Å²) in [7, 11) is -3.91. The van der Waals surface area contributed by atoms with Crippen molar-refractivity contribution >= 4 is 21.6 Å². The summed E-state index contributed by atoms with van der Waals surface area (Å²) in [5.41, 5.74) is -0.00207. The minimum Gasteiger partial charge on any atom is -0.871 e. The van der Waals surface area contributed by atoms with Gasteiger partial charge in [0, 0.05) is 12.1 Å². The molecule has 0 amide bonds. The highest BCUT2D eigenvalue weighted by molar-refractivity contribution is 7.89. The van der Waals surface area contributed by atoms with Crippen LogP contribution in [0.4, 0.5) is 0 Å². The Kier molecular flexibility index (Phi) is 3.69. The normalized spacial score (nSPS) is 18.5. The van der Waals surface area contributed by atoms with Crippen molar-refractivity contribution in [2.75, 3.05) is 6.54 Å². The maximum Gasteiger partial charge on any atom is 0.265 e. The minimum absolute atomic E-state index is 0.0102. The van der Waals surface area contributed by atoms with Gasteiger partial charge in [-0.1, -0.05) is 48.2 Å². The number of carbonyl (C=O) groups is 1. The van der Waals surface area contributed by atoms with Gasteiger partial charge in [0.1, 0.15) is 0 Å². The molecule has 0 spiro atoms. The quantitative estimate of drug-likeness (QED) is 0.620. The van der Waals surface area contributed by atoms with Crippen LogP contribution in [0.25, 0.3) is 5.76 Å². The van der Waals surface area contributed by atoms with E-state index in [0.29, 0.717) is 0 Å². The van der Waals surface area contributed by atoms with Crippen molar-refractivity contribution in [3.63, 3.8) is 0 Å². The molecule has 6 heteroatoms. The Balaban J connectivity index is 2.32. The highest BCUT2D eigenvalue weighted by atomic mass is 32.2. The van der Waals surface area contributed by atoms with E-state index < -0.39 is 21.6 Å². The second-order valence-electron chi connectivity index (χ2n) is 5.04. The number of allylic oxidation sites excluding steroid dienone is 1. The Hall–Kier alpha value is -2.60. The van der Waals surface area contributed by atoms with Crippen LogP contribution >= 0.6 is 0 Å². The first-order chi connectivity index (χ1) is 11.0. The number of fused-ring (bicyclic) bond motifs is 1. The lowest BCUT2D eigenvalue weighted by molar-refractivity contribution is -0.245. The van der Waals surface area contributed by atoms with Gasteiger partial charge in [0.05, 0.1) is 10.6 Å². The predicted octanol–water partition coefficient (Wildman–Crippen LogP) is 1.62. The number of carbonyl (C=O) groups excluding carboxylic acids is 1. The Labute approximate surface area is 134 Å². The average molecular weight is 328 g/mol. The van der Waals surface area contributed by atoms with Crippen LogP contribution in [-0.2, 0) is 10.0 Å². The van der Waals surface area contributed by atoms with Crippen LogP contribution in [0.5, 0.6) is 0 Å². The average Bonchev–Trinajstić information content (AvgIpc) is 2.58. The van der Waals surface area contributed by atoms with Crippen molar-refractivity contribution < 1.29 is 18.3 Å². The largest absolute Gasteiger partial charge is 0.871 e. The van der Waals surface area contributed by atoms with Crippen molar-refractivity contribution in [2.24, 2.45) is 0 Å². The number of hydrogen-bond donors (Lipinski definition) is 0. The predicted molar refractivity (Wildman–Crippen MR) is 83.7 cm³/mol. The highest BCUT2D eigenvalue weighted by Gasteiger charge is 2.38. The summed E-state index contributed by atoms with van der Waals surface area (Å²) < 4.78 is 26.4. The molecular formula is C17H14NO4S-. The highest BCUT2D eigenvalue weighted by Crippen LogP contribution is 2.34. The number of ketones is 1. The lowest BCUT2D eigenvalue weighted by Crippen LogP contribution is -2.40. The van der Waals surface area contributed by atoms with E-state index in [0.717, 1.165) is 4.31 Å². The molecule has 0 fully saturated rings. The maximum atomic E-state index is 12.7. The zero-order valence-electron chi connectivity index (χ0n) is 12.4. The summed E-state index contributed by atoms with van der Waals surface area (Å²) in [6.07, 6.45) is 0. The van der Waals surface area contributed by atoms with Gasteiger partial charge in [0.25, 0.3) is 10.0 Å². The first-order valence-electron chi connectivity index (χ1n) is 7.11. The molecule has 0 aliphatic carbocycles. The van der Waals surface area contributed by atoms with Crippen molar-refractivity contribution in [2.45, 2.75) is 11.8 Å². The smallest absolute Gasteiger partial charge is 0.265 e. The van der Waals surface area contributed by atoms with E-state index in [1.54, 1.807) is 49.4 Å². The number of Topliss-reactive ketones (excluding diaryl/α,β-unsaturated/α-hetero) is 1. The van der Waals surface area contributed by atoms with E-state index in [9.17, 15) is 18.3 Å². The summed E-state index contributed by atoms with van der Waals surface area (Å²) >= 11 is 0. The van der Waals surface area contributed by atoms with E-state index in [1.807, 2.05) is 0 Å². The molecule has 0 atom stereocenters. The molecule has 2 aromatic rings. The zero-order valence-corrected chi connectivity index (χ0v) is 13.2. The van der Waals surface area contributed by atoms with Gasteiger partial charge in [0.2, 0.25) is 5.78 Å². The van der Waals surface area contributed by atoms with Gasteiger partial charge in [-0.25, -0.2) is 8.42 Å². The molecule has 0 radical (unpaired) electrons. The molecule has 0 saturated heterocycles. The van der Waals surface area contributed by atoms with Gasteiger partial charge < -0.3 is 5.11 Å². The molecule has 0 unspecified atom stereocenters. The van der Waals surface area contributed by atoms with Crippen molar-refractivity contribution in [3.05, 3.63) is 71.4 Å². The number of benzene rings is 2. The molecule has 118 valence electrons. The molecule has 3 rings (SSSR count). The maximum absolute atomic E-state index is 12.7. The van der Waals surface area contributed by atoms with Crippen LogP contribution < -0.4 is 5.11 Å². The van der Waals surface area contributed by atoms with Gasteiger partial charge in [-0.2, -0.15) is 0 Å². The summed E-state index contributed by atoms with van der Waals surface area (Å²) in [6.45, 7) is 1.60. The van der Waals surface area contributed by atoms with Crippen LogP contribution in [0.3, 0.4) is 0 Å². The Morgan fingerprint density at radius 3 is 2.30 bits per heavy atom. The van der Waals surface area contributed by atoms with Gasteiger partial charge >= 0.3 is 0 Å². The molecule has 0 aromatic heterocycles. The van der Waals surface area contributed by atoms with Crippen molar-refractivity contribution in [3.8, 4) is 0 Å². The number of likely N-dealkylation sites (N-methyl/N-ethyl adjacent to an activating group) is 1. The SMILES string of the molecule is CCN1/C(=C(/[O-])c2ccccc2)C(=O)c2ccccc2S1(=O)=O. The number of rotatable bonds is 2. The van der Waals surface area contributed by atoms with Crippen LogP contribution in [0.2, 0.25) is 0 Å². The molecule has 1 aliphatic heterocycles. The molecule has 23 heavy (non-hydrogen) atoms. The summed E-state index contributed by atoms with van der Waals surface area (Å²) in [6, 6.07) is 14.1. The Bertz CT molecular complexity index is 901. The monoisotopic (exact) mass is 328 g/mol. The van der Waals surface area contributed by atoms with Gasteiger partial charge in [-0.05, 0) is 24.6 Å². The zero-order chi connectivity index (χ0) is 16.6. The van der Waals surface area contributed by atoms with E-state index >= 15 is 0 Å². The van der Waals surface area contributed by atoms with Crippen LogP contribution in [0, 0.1) is 0 Å². The standard InChI is InChI=1S/C17H15NO4S/c1-2-18-15(16(19)12-8-4-3-5-9-12)17(20)13-10-6-7-11-14(13)23(18,21)22/h3-11,19H,2H2,1H3/p-1/b16-15+. The molecule has 1 heterocycles. The lowest BCUT2D eigenvalue weighted by atomic mass is 10.0. The molecule has 0 bridgehead atoms. The van der Waals surface area contributed by atoms with Gasteiger partial charge in [0.15, 0.2) is 0 Å². The summed E-state index contributed by atoms with van der Waals surface area (Å²) in [4.78, 5) is 12.7. The van der Waals surface area contributed by atoms with Gasteiger partial charge in [-0.15, -0.1) is 0 Å². The molecule has 2 aromatic carbocycles. The first-order valence-corrected chi connectivity index (χ1v) is 8.55.